The van der Waals surface area contributed by atoms with Crippen LogP contribution in [0.25, 0.3) is 0 Å². The van der Waals surface area contributed by atoms with Crippen molar-refractivity contribution in [3.63, 3.8) is 0 Å². The molecule has 1 heterocycles. The fraction of sp³-hybridized carbons (Fsp3) is 0.167. The molecule has 1 aromatic carbocycles. The molecular formula is C12H11ClN2O2S. The Kier molecular flexibility index (Phi) is 4.17. The normalized spacial score (nSPS) is 11.9. The molecule has 18 heavy (non-hydrogen) atoms. The van der Waals surface area contributed by atoms with Crippen LogP contribution in [0, 0.1) is 0 Å². The molecule has 0 bridgehead atoms. The van der Waals surface area contributed by atoms with Crippen molar-refractivity contribution in [2.45, 2.75) is 6.04 Å². The Morgan fingerprint density at radius 1 is 1.44 bits per heavy atom. The summed E-state index contributed by atoms with van der Waals surface area (Å²) in [6, 6.07) is 8.73. The topological polar surface area (TPSA) is 51.2 Å². The van der Waals surface area contributed by atoms with Crippen LogP contribution >= 0.6 is 22.9 Å². The second-order valence-corrected chi connectivity index (χ2v) is 4.73. The van der Waals surface area contributed by atoms with Crippen molar-refractivity contribution in [3.8, 4) is 0 Å². The molecule has 0 radical (unpaired) electrons. The van der Waals surface area contributed by atoms with Gasteiger partial charge in [0.1, 0.15) is 5.15 Å². The lowest BCUT2D eigenvalue weighted by molar-refractivity contribution is -0.141. The summed E-state index contributed by atoms with van der Waals surface area (Å²) in [5.41, 5.74) is 0.815. The Hall–Kier alpha value is -1.59. The molecule has 2 aromatic rings. The summed E-state index contributed by atoms with van der Waals surface area (Å²) in [4.78, 5) is 15.8. The number of hydrogen-bond acceptors (Lipinski definition) is 5. The maximum atomic E-state index is 11.8. The van der Waals surface area contributed by atoms with Crippen LogP contribution in [-0.2, 0) is 9.53 Å². The van der Waals surface area contributed by atoms with E-state index in [1.54, 1.807) is 5.38 Å². The molecule has 0 saturated carbocycles. The van der Waals surface area contributed by atoms with Crippen LogP contribution in [0.5, 0.6) is 0 Å². The molecule has 2 rings (SSSR count). The standard InChI is InChI=1S/C12H11ClN2O2S/c1-17-11(16)10(8-5-3-2-4-6-8)15-12-14-9(13)7-18-12/h2-7,10H,1H3,(H,14,15). The zero-order valence-electron chi connectivity index (χ0n) is 9.59. The molecule has 94 valence electrons. The Bertz CT molecular complexity index is 530. The fourth-order valence-corrected chi connectivity index (χ4v) is 2.35. The van der Waals surface area contributed by atoms with Gasteiger partial charge in [-0.3, -0.25) is 0 Å². The number of anilines is 1. The second-order valence-electron chi connectivity index (χ2n) is 3.49. The summed E-state index contributed by atoms with van der Waals surface area (Å²) in [5, 5.41) is 5.70. The van der Waals surface area contributed by atoms with Gasteiger partial charge in [-0.2, -0.15) is 0 Å². The minimum Gasteiger partial charge on any atom is -0.467 e. The van der Waals surface area contributed by atoms with E-state index in [9.17, 15) is 4.79 Å². The van der Waals surface area contributed by atoms with Gasteiger partial charge in [0, 0.05) is 5.38 Å². The maximum Gasteiger partial charge on any atom is 0.333 e. The Balaban J connectivity index is 2.24. The molecule has 1 unspecified atom stereocenters. The van der Waals surface area contributed by atoms with Crippen LogP contribution < -0.4 is 5.32 Å². The van der Waals surface area contributed by atoms with Gasteiger partial charge in [0.05, 0.1) is 7.11 Å². The summed E-state index contributed by atoms with van der Waals surface area (Å²) < 4.78 is 4.79. The minimum absolute atomic E-state index is 0.368. The van der Waals surface area contributed by atoms with Crippen molar-refractivity contribution in [2.24, 2.45) is 0 Å². The fourth-order valence-electron chi connectivity index (χ4n) is 1.49. The first kappa shape index (κ1) is 12.9. The van der Waals surface area contributed by atoms with Crippen molar-refractivity contribution >= 4 is 34.0 Å². The van der Waals surface area contributed by atoms with Gasteiger partial charge in [0.25, 0.3) is 0 Å². The number of aromatic nitrogens is 1. The first-order valence-corrected chi connectivity index (χ1v) is 6.47. The molecule has 1 aromatic heterocycles. The molecular weight excluding hydrogens is 272 g/mol. The Labute approximate surface area is 114 Å². The first-order valence-electron chi connectivity index (χ1n) is 5.21. The molecule has 1 N–H and O–H groups in total. The second kappa shape index (κ2) is 5.84. The number of rotatable bonds is 4. The van der Waals surface area contributed by atoms with E-state index in [4.69, 9.17) is 16.3 Å². The monoisotopic (exact) mass is 282 g/mol. The zero-order chi connectivity index (χ0) is 13.0. The van der Waals surface area contributed by atoms with E-state index in [2.05, 4.69) is 10.3 Å². The summed E-state index contributed by atoms with van der Waals surface area (Å²) in [6.07, 6.45) is 0. The van der Waals surface area contributed by atoms with E-state index < -0.39 is 6.04 Å². The highest BCUT2D eigenvalue weighted by Gasteiger charge is 2.22. The van der Waals surface area contributed by atoms with Gasteiger partial charge in [-0.05, 0) is 5.56 Å². The Morgan fingerprint density at radius 2 is 2.17 bits per heavy atom. The van der Waals surface area contributed by atoms with Crippen LogP contribution in [0.1, 0.15) is 11.6 Å². The van der Waals surface area contributed by atoms with Crippen molar-refractivity contribution < 1.29 is 9.53 Å². The van der Waals surface area contributed by atoms with E-state index in [1.807, 2.05) is 30.3 Å². The smallest absolute Gasteiger partial charge is 0.333 e. The summed E-state index contributed by atoms with van der Waals surface area (Å²) >= 11 is 7.08. The number of thiazole rings is 1. The lowest BCUT2D eigenvalue weighted by Gasteiger charge is -2.15. The van der Waals surface area contributed by atoms with E-state index >= 15 is 0 Å². The largest absolute Gasteiger partial charge is 0.467 e. The molecule has 0 saturated heterocycles. The van der Waals surface area contributed by atoms with E-state index in [0.717, 1.165) is 5.56 Å². The van der Waals surface area contributed by atoms with Crippen molar-refractivity contribution in [2.75, 3.05) is 12.4 Å². The average Bonchev–Trinajstić information content (AvgIpc) is 2.82. The number of esters is 1. The van der Waals surface area contributed by atoms with Gasteiger partial charge in [0.15, 0.2) is 11.2 Å². The molecule has 0 aliphatic carbocycles. The van der Waals surface area contributed by atoms with Crippen LogP contribution in [0.15, 0.2) is 35.7 Å². The van der Waals surface area contributed by atoms with Gasteiger partial charge in [-0.25, -0.2) is 9.78 Å². The number of methoxy groups -OCH3 is 1. The third-order valence-corrected chi connectivity index (χ3v) is 3.41. The molecule has 0 fully saturated rings. The predicted molar refractivity (Wildman–Crippen MR) is 71.9 cm³/mol. The summed E-state index contributed by atoms with van der Waals surface area (Å²) in [5.74, 6) is -0.368. The minimum atomic E-state index is -0.585. The number of carbonyl (C=O) groups is 1. The van der Waals surface area contributed by atoms with Crippen molar-refractivity contribution in [1.82, 2.24) is 4.98 Å². The number of nitrogens with one attached hydrogen (secondary N) is 1. The number of benzene rings is 1. The number of ether oxygens (including phenoxy) is 1. The highest BCUT2D eigenvalue weighted by molar-refractivity contribution is 7.14. The molecule has 6 heteroatoms. The molecule has 0 aliphatic rings. The van der Waals surface area contributed by atoms with E-state index in [0.29, 0.717) is 10.3 Å². The number of nitrogens with zero attached hydrogens (tertiary/aromatic N) is 1. The number of halogens is 1. The van der Waals surface area contributed by atoms with Crippen LogP contribution in [-0.4, -0.2) is 18.1 Å². The predicted octanol–water partition coefficient (Wildman–Crippen LogP) is 3.12. The van der Waals surface area contributed by atoms with Gasteiger partial charge in [-0.15, -0.1) is 11.3 Å². The van der Waals surface area contributed by atoms with E-state index in [-0.39, 0.29) is 5.97 Å². The van der Waals surface area contributed by atoms with Gasteiger partial charge < -0.3 is 10.1 Å². The average molecular weight is 283 g/mol. The lowest BCUT2D eigenvalue weighted by atomic mass is 10.1. The quantitative estimate of drug-likeness (QED) is 0.876. The van der Waals surface area contributed by atoms with Crippen LogP contribution in [0.3, 0.4) is 0 Å². The third kappa shape index (κ3) is 3.00. The van der Waals surface area contributed by atoms with Gasteiger partial charge in [-0.1, -0.05) is 41.9 Å². The number of carbonyl (C=O) groups excluding carboxylic acids is 1. The van der Waals surface area contributed by atoms with Crippen molar-refractivity contribution in [3.05, 3.63) is 46.4 Å². The van der Waals surface area contributed by atoms with Crippen LogP contribution in [0.4, 0.5) is 5.13 Å². The van der Waals surface area contributed by atoms with Gasteiger partial charge >= 0.3 is 5.97 Å². The molecule has 4 nitrogen and oxygen atoms in total. The Morgan fingerprint density at radius 3 is 2.72 bits per heavy atom. The maximum absolute atomic E-state index is 11.8. The number of hydrogen-bond donors (Lipinski definition) is 1. The highest BCUT2D eigenvalue weighted by Crippen LogP contribution is 2.25. The summed E-state index contributed by atoms with van der Waals surface area (Å²) in [7, 11) is 1.36. The lowest BCUT2D eigenvalue weighted by Crippen LogP contribution is -2.22. The van der Waals surface area contributed by atoms with E-state index in [1.165, 1.54) is 18.4 Å². The van der Waals surface area contributed by atoms with Gasteiger partial charge in [0.2, 0.25) is 0 Å². The molecule has 0 spiro atoms. The van der Waals surface area contributed by atoms with Crippen LogP contribution in [0.2, 0.25) is 5.15 Å². The zero-order valence-corrected chi connectivity index (χ0v) is 11.2. The van der Waals surface area contributed by atoms with Crippen molar-refractivity contribution in [1.29, 1.82) is 0 Å². The third-order valence-electron chi connectivity index (χ3n) is 2.31. The summed E-state index contributed by atoms with van der Waals surface area (Å²) in [6.45, 7) is 0. The molecule has 0 aliphatic heterocycles. The highest BCUT2D eigenvalue weighted by atomic mass is 35.5. The first-order chi connectivity index (χ1) is 8.70. The SMILES string of the molecule is COC(=O)C(Nc1nc(Cl)cs1)c1ccccc1. The molecule has 0 amide bonds. The molecule has 1 atom stereocenters.